The number of rotatable bonds is 7. The van der Waals surface area contributed by atoms with Gasteiger partial charge in [-0.1, -0.05) is 30.4 Å². The highest BCUT2D eigenvalue weighted by Crippen LogP contribution is 2.22. The van der Waals surface area contributed by atoms with Crippen molar-refractivity contribution in [3.63, 3.8) is 0 Å². The first kappa shape index (κ1) is 16.8. The summed E-state index contributed by atoms with van der Waals surface area (Å²) in [7, 11) is 0. The van der Waals surface area contributed by atoms with Gasteiger partial charge in [-0.3, -0.25) is 0 Å². The van der Waals surface area contributed by atoms with Gasteiger partial charge in [0, 0.05) is 17.6 Å². The quantitative estimate of drug-likeness (QED) is 0.507. The third kappa shape index (κ3) is 4.26. The monoisotopic (exact) mass is 334 g/mol. The second-order valence-electron chi connectivity index (χ2n) is 5.66. The number of nitrogens with zero attached hydrogens (tertiary/aromatic N) is 2. The molecule has 3 rings (SSSR count). The topological polar surface area (TPSA) is 73.1 Å². The van der Waals surface area contributed by atoms with Crippen LogP contribution in [0.25, 0.3) is 10.9 Å². The normalized spacial score (nSPS) is 11.1. The number of nitrogen functional groups attached to an aromatic ring is 1. The maximum Gasteiger partial charge on any atom is 0.137 e. The van der Waals surface area contributed by atoms with E-state index in [1.165, 1.54) is 0 Å². The molecule has 5 nitrogen and oxygen atoms in total. The van der Waals surface area contributed by atoms with E-state index in [0.717, 1.165) is 41.0 Å². The largest absolute Gasteiger partial charge is 0.489 e. The van der Waals surface area contributed by atoms with Crippen LogP contribution in [0.5, 0.6) is 5.75 Å². The molecule has 1 heterocycles. The number of nitrogens with two attached hydrogens (primary N) is 1. The first-order valence-electron chi connectivity index (χ1n) is 8.34. The summed E-state index contributed by atoms with van der Waals surface area (Å²) in [6.07, 6.45) is 6.37. The average molecular weight is 334 g/mol. The van der Waals surface area contributed by atoms with Gasteiger partial charge in [0.1, 0.15) is 24.5 Å². The highest BCUT2D eigenvalue weighted by Gasteiger charge is 2.06. The fourth-order valence-corrected chi connectivity index (χ4v) is 2.62. The van der Waals surface area contributed by atoms with Crippen molar-refractivity contribution in [3.05, 3.63) is 66.5 Å². The zero-order chi connectivity index (χ0) is 17.5. The minimum absolute atomic E-state index is 0.580. The van der Waals surface area contributed by atoms with Gasteiger partial charge in [-0.05, 0) is 43.2 Å². The van der Waals surface area contributed by atoms with Gasteiger partial charge in [0.15, 0.2) is 0 Å². The molecular weight excluding hydrogens is 312 g/mol. The molecule has 0 spiro atoms. The maximum atomic E-state index is 5.88. The molecule has 25 heavy (non-hydrogen) atoms. The van der Waals surface area contributed by atoms with E-state index in [0.29, 0.717) is 12.3 Å². The minimum Gasteiger partial charge on any atom is -0.489 e. The summed E-state index contributed by atoms with van der Waals surface area (Å²) in [4.78, 5) is 8.62. The standard InChI is InChI=1S/C20H22N4O/c1-2-3-12-25-19-7-5-4-6-15(19)10-11-22-20-17-13-16(21)8-9-18(17)23-14-24-20/h2-9,13-14H,10-12,21H2,1H3,(H,22,23,24). The Kier molecular flexibility index (Phi) is 5.46. The fourth-order valence-electron chi connectivity index (χ4n) is 2.62. The SMILES string of the molecule is CC=CCOc1ccccc1CCNc1ncnc2ccc(N)cc12. The first-order valence-corrected chi connectivity index (χ1v) is 8.34. The van der Waals surface area contributed by atoms with E-state index in [4.69, 9.17) is 10.5 Å². The molecule has 0 aliphatic rings. The maximum absolute atomic E-state index is 5.88. The smallest absolute Gasteiger partial charge is 0.137 e. The van der Waals surface area contributed by atoms with E-state index in [2.05, 4.69) is 21.4 Å². The van der Waals surface area contributed by atoms with Crippen LogP contribution in [0.3, 0.4) is 0 Å². The lowest BCUT2D eigenvalue weighted by Crippen LogP contribution is -2.08. The summed E-state index contributed by atoms with van der Waals surface area (Å²) >= 11 is 0. The highest BCUT2D eigenvalue weighted by atomic mass is 16.5. The summed E-state index contributed by atoms with van der Waals surface area (Å²) in [5, 5.41) is 4.31. The van der Waals surface area contributed by atoms with Gasteiger partial charge < -0.3 is 15.8 Å². The van der Waals surface area contributed by atoms with Crippen LogP contribution in [0.4, 0.5) is 11.5 Å². The Morgan fingerprint density at radius 3 is 2.92 bits per heavy atom. The average Bonchev–Trinajstić information content (AvgIpc) is 2.63. The van der Waals surface area contributed by atoms with Crippen LogP contribution < -0.4 is 15.8 Å². The summed E-state index contributed by atoms with van der Waals surface area (Å²) in [6.45, 7) is 3.31. The molecule has 0 amide bonds. The molecule has 0 atom stereocenters. The first-order chi connectivity index (χ1) is 12.3. The van der Waals surface area contributed by atoms with Crippen molar-refractivity contribution in [1.82, 2.24) is 9.97 Å². The van der Waals surface area contributed by atoms with Crippen molar-refractivity contribution < 1.29 is 4.74 Å². The minimum atomic E-state index is 0.580. The van der Waals surface area contributed by atoms with Crippen molar-refractivity contribution in [2.45, 2.75) is 13.3 Å². The molecule has 128 valence electrons. The van der Waals surface area contributed by atoms with E-state index >= 15 is 0 Å². The van der Waals surface area contributed by atoms with Gasteiger partial charge in [-0.25, -0.2) is 9.97 Å². The fraction of sp³-hybridized carbons (Fsp3) is 0.200. The molecule has 0 aliphatic heterocycles. The second-order valence-corrected chi connectivity index (χ2v) is 5.66. The Morgan fingerprint density at radius 2 is 2.04 bits per heavy atom. The number of hydrogen-bond acceptors (Lipinski definition) is 5. The van der Waals surface area contributed by atoms with E-state index in [1.54, 1.807) is 6.33 Å². The van der Waals surface area contributed by atoms with Crippen LogP contribution in [0.1, 0.15) is 12.5 Å². The predicted octanol–water partition coefficient (Wildman–Crippen LogP) is 3.82. The molecule has 1 aromatic heterocycles. The Morgan fingerprint density at radius 1 is 1.16 bits per heavy atom. The molecule has 0 aliphatic carbocycles. The number of allylic oxidation sites excluding steroid dienone is 1. The molecule has 0 saturated carbocycles. The predicted molar refractivity (Wildman–Crippen MR) is 103 cm³/mol. The van der Waals surface area contributed by atoms with Gasteiger partial charge in [-0.15, -0.1) is 0 Å². The Balaban J connectivity index is 1.69. The van der Waals surface area contributed by atoms with Crippen molar-refractivity contribution in [2.75, 3.05) is 24.2 Å². The van der Waals surface area contributed by atoms with Gasteiger partial charge in [0.05, 0.1) is 5.52 Å². The molecular formula is C20H22N4O. The van der Waals surface area contributed by atoms with Crippen LogP contribution in [0.15, 0.2) is 60.9 Å². The Labute approximate surface area is 147 Å². The van der Waals surface area contributed by atoms with Gasteiger partial charge in [0.25, 0.3) is 0 Å². The van der Waals surface area contributed by atoms with E-state index in [1.807, 2.05) is 55.5 Å². The number of para-hydroxylation sites is 1. The molecule has 3 N–H and O–H groups in total. The molecule has 0 bridgehead atoms. The van der Waals surface area contributed by atoms with Gasteiger partial charge in [-0.2, -0.15) is 0 Å². The van der Waals surface area contributed by atoms with Crippen LogP contribution in [-0.2, 0) is 6.42 Å². The van der Waals surface area contributed by atoms with E-state index < -0.39 is 0 Å². The van der Waals surface area contributed by atoms with Crippen molar-refractivity contribution in [1.29, 1.82) is 0 Å². The molecule has 0 fully saturated rings. The zero-order valence-corrected chi connectivity index (χ0v) is 14.3. The third-order valence-corrected chi connectivity index (χ3v) is 3.89. The van der Waals surface area contributed by atoms with Crippen LogP contribution in [0.2, 0.25) is 0 Å². The highest BCUT2D eigenvalue weighted by molar-refractivity contribution is 5.91. The van der Waals surface area contributed by atoms with Crippen LogP contribution in [0, 0.1) is 0 Å². The van der Waals surface area contributed by atoms with Crippen molar-refractivity contribution in [2.24, 2.45) is 0 Å². The summed E-state index contributed by atoms with van der Waals surface area (Å²) in [5.41, 5.74) is 8.63. The van der Waals surface area contributed by atoms with Gasteiger partial charge in [0.2, 0.25) is 0 Å². The van der Waals surface area contributed by atoms with E-state index in [9.17, 15) is 0 Å². The summed E-state index contributed by atoms with van der Waals surface area (Å²) in [5.74, 6) is 1.71. The lowest BCUT2D eigenvalue weighted by Gasteiger charge is -2.12. The number of aromatic nitrogens is 2. The summed E-state index contributed by atoms with van der Waals surface area (Å²) in [6, 6.07) is 13.7. The van der Waals surface area contributed by atoms with Crippen molar-refractivity contribution >= 4 is 22.4 Å². The molecule has 3 aromatic rings. The number of benzene rings is 2. The van der Waals surface area contributed by atoms with Crippen LogP contribution >= 0.6 is 0 Å². The number of nitrogens with one attached hydrogen (secondary N) is 1. The Hall–Kier alpha value is -3.08. The second kappa shape index (κ2) is 8.15. The zero-order valence-electron chi connectivity index (χ0n) is 14.3. The molecule has 0 unspecified atom stereocenters. The summed E-state index contributed by atoms with van der Waals surface area (Å²) < 4.78 is 5.81. The van der Waals surface area contributed by atoms with Crippen LogP contribution in [-0.4, -0.2) is 23.1 Å². The van der Waals surface area contributed by atoms with Gasteiger partial charge >= 0.3 is 0 Å². The lowest BCUT2D eigenvalue weighted by molar-refractivity contribution is 0.359. The Bertz CT molecular complexity index is 876. The number of anilines is 2. The number of fused-ring (bicyclic) bond motifs is 1. The third-order valence-electron chi connectivity index (χ3n) is 3.89. The molecule has 0 radical (unpaired) electrons. The van der Waals surface area contributed by atoms with Crippen molar-refractivity contribution in [3.8, 4) is 5.75 Å². The van der Waals surface area contributed by atoms with E-state index in [-0.39, 0.29) is 0 Å². The molecule has 5 heteroatoms. The molecule has 0 saturated heterocycles. The lowest BCUT2D eigenvalue weighted by atomic mass is 10.1. The molecule has 2 aromatic carbocycles. The number of hydrogen-bond donors (Lipinski definition) is 2. The number of ether oxygens (including phenoxy) is 1.